The highest BCUT2D eigenvalue weighted by molar-refractivity contribution is 6.92. The Balaban J connectivity index is 2.41. The molecule has 2 rings (SSSR count). The maximum Gasteiger partial charge on any atom is 0.489 e. The zero-order valence-corrected chi connectivity index (χ0v) is 18.6. The second-order valence-electron chi connectivity index (χ2n) is 10.0. The number of rotatable bonds is 4. The van der Waals surface area contributed by atoms with Gasteiger partial charge in [0.2, 0.25) is 0 Å². The van der Waals surface area contributed by atoms with Crippen LogP contribution in [0.1, 0.15) is 48.5 Å². The van der Waals surface area contributed by atoms with E-state index in [0.29, 0.717) is 5.54 Å². The molecule has 1 aromatic carbocycles. The minimum atomic E-state index is -1.83. The van der Waals surface area contributed by atoms with E-state index in [4.69, 9.17) is 9.31 Å². The van der Waals surface area contributed by atoms with Gasteiger partial charge in [0.15, 0.2) is 0 Å². The highest BCUT2D eigenvalue weighted by Crippen LogP contribution is 2.48. The lowest BCUT2D eigenvalue weighted by molar-refractivity contribution is 0.00578. The van der Waals surface area contributed by atoms with Crippen LogP contribution in [0.15, 0.2) is 42.4 Å². The molecule has 4 heteroatoms. The Morgan fingerprint density at radius 1 is 1.00 bits per heavy atom. The SMILES string of the molecule is C=C(B1OC(C)(C)C(C)(C)O1)C(C(C)(C)C)[Si](C)(C)c1ccccc1. The summed E-state index contributed by atoms with van der Waals surface area (Å²) in [5.74, 6) is 0. The molecule has 0 bridgehead atoms. The molecule has 0 aliphatic carbocycles. The fourth-order valence-corrected chi connectivity index (χ4v) is 8.88. The Hall–Kier alpha value is -0.838. The molecule has 0 aromatic heterocycles. The van der Waals surface area contributed by atoms with Crippen molar-refractivity contribution in [1.82, 2.24) is 0 Å². The summed E-state index contributed by atoms with van der Waals surface area (Å²) in [5, 5.41) is 1.45. The summed E-state index contributed by atoms with van der Waals surface area (Å²) in [6, 6.07) is 10.9. The van der Waals surface area contributed by atoms with Gasteiger partial charge in [-0.15, -0.1) is 6.58 Å². The molecule has 1 saturated heterocycles. The minimum Gasteiger partial charge on any atom is -0.400 e. The van der Waals surface area contributed by atoms with Crippen molar-refractivity contribution in [3.8, 4) is 0 Å². The van der Waals surface area contributed by atoms with E-state index < -0.39 is 8.07 Å². The van der Waals surface area contributed by atoms with Gasteiger partial charge in [0.25, 0.3) is 0 Å². The summed E-state index contributed by atoms with van der Waals surface area (Å²) < 4.78 is 12.7. The lowest BCUT2D eigenvalue weighted by atomic mass is 9.70. The normalized spacial score (nSPS) is 21.2. The summed E-state index contributed by atoms with van der Waals surface area (Å²) in [6.45, 7) is 24.7. The van der Waals surface area contributed by atoms with E-state index in [1.807, 2.05) is 0 Å². The van der Waals surface area contributed by atoms with Gasteiger partial charge in [0.1, 0.15) is 0 Å². The van der Waals surface area contributed by atoms with Gasteiger partial charge in [-0.1, -0.05) is 69.4 Å². The van der Waals surface area contributed by atoms with Crippen LogP contribution in [0, 0.1) is 5.41 Å². The number of hydrogen-bond donors (Lipinski definition) is 0. The largest absolute Gasteiger partial charge is 0.489 e. The molecule has 1 heterocycles. The Morgan fingerprint density at radius 2 is 1.44 bits per heavy atom. The van der Waals surface area contributed by atoms with Gasteiger partial charge in [-0.25, -0.2) is 0 Å². The van der Waals surface area contributed by atoms with Crippen LogP contribution in [0.25, 0.3) is 0 Å². The summed E-state index contributed by atoms with van der Waals surface area (Å²) >= 11 is 0. The average molecular weight is 358 g/mol. The third-order valence-electron chi connectivity index (χ3n) is 6.03. The van der Waals surface area contributed by atoms with E-state index in [2.05, 4.69) is 98.5 Å². The number of hydrogen-bond acceptors (Lipinski definition) is 2. The Bertz CT molecular complexity index is 613. The predicted molar refractivity (Wildman–Crippen MR) is 112 cm³/mol. The second kappa shape index (κ2) is 6.40. The molecule has 1 aliphatic rings. The topological polar surface area (TPSA) is 18.5 Å². The van der Waals surface area contributed by atoms with Crippen LogP contribution in [0.3, 0.4) is 0 Å². The van der Waals surface area contributed by atoms with E-state index >= 15 is 0 Å². The molecule has 25 heavy (non-hydrogen) atoms. The fraction of sp³-hybridized carbons (Fsp3) is 0.619. The molecular formula is C21H35BO2Si. The van der Waals surface area contributed by atoms with Crippen molar-refractivity contribution in [1.29, 1.82) is 0 Å². The molecule has 0 amide bonds. The molecule has 1 aromatic rings. The first-order valence-electron chi connectivity index (χ1n) is 9.30. The molecule has 138 valence electrons. The van der Waals surface area contributed by atoms with Crippen molar-refractivity contribution in [3.63, 3.8) is 0 Å². The smallest absolute Gasteiger partial charge is 0.400 e. The van der Waals surface area contributed by atoms with Gasteiger partial charge in [-0.05, 0) is 44.1 Å². The molecule has 0 spiro atoms. The van der Waals surface area contributed by atoms with E-state index in [1.165, 1.54) is 5.19 Å². The first-order valence-corrected chi connectivity index (χ1v) is 12.4. The second-order valence-corrected chi connectivity index (χ2v) is 14.6. The van der Waals surface area contributed by atoms with Crippen LogP contribution >= 0.6 is 0 Å². The first kappa shape index (κ1) is 20.5. The number of allylic oxidation sites excluding steroid dienone is 1. The van der Waals surface area contributed by atoms with E-state index in [0.717, 1.165) is 5.47 Å². The van der Waals surface area contributed by atoms with Gasteiger partial charge in [0, 0.05) is 0 Å². The van der Waals surface area contributed by atoms with Gasteiger partial charge in [0.05, 0.1) is 19.3 Å². The molecule has 1 fully saturated rings. The Morgan fingerprint density at radius 3 is 1.84 bits per heavy atom. The first-order chi connectivity index (χ1) is 11.2. The lowest BCUT2D eigenvalue weighted by Gasteiger charge is -2.43. The van der Waals surface area contributed by atoms with Gasteiger partial charge in [-0.2, -0.15) is 0 Å². The summed E-state index contributed by atoms with van der Waals surface area (Å²) in [5.41, 5.74) is 0.860. The predicted octanol–water partition coefficient (Wildman–Crippen LogP) is 5.21. The Labute approximate surface area is 156 Å². The van der Waals surface area contributed by atoms with Crippen LogP contribution in [0.2, 0.25) is 18.6 Å². The zero-order valence-electron chi connectivity index (χ0n) is 17.6. The maximum absolute atomic E-state index is 6.33. The molecule has 2 nitrogen and oxygen atoms in total. The summed E-state index contributed by atoms with van der Waals surface area (Å²) in [6.07, 6.45) is 0. The van der Waals surface area contributed by atoms with Gasteiger partial charge in [-0.3, -0.25) is 0 Å². The monoisotopic (exact) mass is 358 g/mol. The van der Waals surface area contributed by atoms with Crippen molar-refractivity contribution < 1.29 is 9.31 Å². The molecule has 1 aliphatic heterocycles. The summed E-state index contributed by atoms with van der Waals surface area (Å²) in [7, 11) is -2.17. The minimum absolute atomic E-state index is 0.0895. The highest BCUT2D eigenvalue weighted by atomic mass is 28.3. The van der Waals surface area contributed by atoms with Gasteiger partial charge >= 0.3 is 7.12 Å². The maximum atomic E-state index is 6.33. The molecule has 0 radical (unpaired) electrons. The molecular weight excluding hydrogens is 323 g/mol. The van der Waals surface area contributed by atoms with E-state index in [9.17, 15) is 0 Å². The van der Waals surface area contributed by atoms with E-state index in [1.54, 1.807) is 0 Å². The van der Waals surface area contributed by atoms with Crippen molar-refractivity contribution in [3.05, 3.63) is 42.4 Å². The van der Waals surface area contributed by atoms with Crippen molar-refractivity contribution in [2.24, 2.45) is 5.41 Å². The third-order valence-corrected chi connectivity index (χ3v) is 10.5. The molecule has 0 N–H and O–H groups in total. The standard InChI is InChI=1S/C21H35BO2Si/c1-16(22-23-20(5,6)21(7,8)24-22)18(19(2,3)4)25(9,10)17-14-12-11-13-15-17/h11-15,18H,1H2,2-10H3. The summed E-state index contributed by atoms with van der Waals surface area (Å²) in [4.78, 5) is 0. The quantitative estimate of drug-likeness (QED) is 0.688. The highest BCUT2D eigenvalue weighted by Gasteiger charge is 2.55. The fourth-order valence-electron chi connectivity index (χ4n) is 4.27. The number of benzene rings is 1. The van der Waals surface area contributed by atoms with Gasteiger partial charge < -0.3 is 9.31 Å². The average Bonchev–Trinajstić information content (AvgIpc) is 2.66. The zero-order chi connectivity index (χ0) is 19.3. The lowest BCUT2D eigenvalue weighted by Crippen LogP contribution is -2.52. The molecule has 0 saturated carbocycles. The van der Waals surface area contributed by atoms with Crippen LogP contribution in [-0.4, -0.2) is 26.4 Å². The van der Waals surface area contributed by atoms with Crippen LogP contribution in [0.5, 0.6) is 0 Å². The van der Waals surface area contributed by atoms with Crippen LogP contribution in [0.4, 0.5) is 0 Å². The van der Waals surface area contributed by atoms with Crippen molar-refractivity contribution >= 4 is 20.4 Å². The molecule has 1 unspecified atom stereocenters. The van der Waals surface area contributed by atoms with Crippen molar-refractivity contribution in [2.45, 2.75) is 78.3 Å². The molecule has 1 atom stereocenters. The van der Waals surface area contributed by atoms with Crippen molar-refractivity contribution in [2.75, 3.05) is 0 Å². The Kier molecular flexibility index (Phi) is 5.24. The van der Waals surface area contributed by atoms with Crippen LogP contribution in [-0.2, 0) is 9.31 Å². The third kappa shape index (κ3) is 3.81. The van der Waals surface area contributed by atoms with Crippen LogP contribution < -0.4 is 5.19 Å². The van der Waals surface area contributed by atoms with E-state index in [-0.39, 0.29) is 23.7 Å².